The molecule has 2 rings (SSSR count). The molecule has 0 amide bonds. The normalized spacial score (nSPS) is 11.2. The third-order valence-corrected chi connectivity index (χ3v) is 4.24. The molecule has 162 valence electrons. The maximum absolute atomic E-state index is 5.34. The lowest BCUT2D eigenvalue weighted by molar-refractivity contribution is 0.354. The molecule has 0 aliphatic rings. The van der Waals surface area contributed by atoms with E-state index >= 15 is 0 Å². The summed E-state index contributed by atoms with van der Waals surface area (Å²) < 4.78 is 15.9. The molecule has 0 unspecified atom stereocenters. The number of halogens is 1. The molecule has 1 aromatic carbocycles. The molecule has 2 aromatic rings. The first-order valence-corrected chi connectivity index (χ1v) is 9.55. The van der Waals surface area contributed by atoms with Crippen LogP contribution in [0.2, 0.25) is 0 Å². The van der Waals surface area contributed by atoms with Crippen molar-refractivity contribution in [2.24, 2.45) is 4.99 Å². The summed E-state index contributed by atoms with van der Waals surface area (Å²) >= 11 is 0. The van der Waals surface area contributed by atoms with Gasteiger partial charge < -0.3 is 24.6 Å². The van der Waals surface area contributed by atoms with E-state index in [-0.39, 0.29) is 29.9 Å². The van der Waals surface area contributed by atoms with E-state index in [0.717, 1.165) is 61.2 Å². The number of rotatable bonds is 10. The summed E-state index contributed by atoms with van der Waals surface area (Å²) in [6.07, 6.45) is 2.48. The Morgan fingerprint density at radius 1 is 1.10 bits per heavy atom. The number of aryl methyl sites for hydroxylation is 1. The molecule has 2 N–H and O–H groups in total. The zero-order chi connectivity index (χ0) is 20.4. The van der Waals surface area contributed by atoms with E-state index in [1.165, 1.54) is 0 Å². The molecule has 1 aromatic heterocycles. The standard InChI is InChI=1S/C20H31N5O3.HI/c1-14(2)19-24-18(28-25-19)7-6-11-22-20(21-3)23-12-10-15-8-9-16(26-4)17(13-15)27-5;/h8-9,13-14H,6-7,10-12H2,1-5H3,(H2,21,22,23);1H. The number of guanidine groups is 1. The van der Waals surface area contributed by atoms with E-state index < -0.39 is 0 Å². The molecule has 0 aliphatic carbocycles. The predicted molar refractivity (Wildman–Crippen MR) is 125 cm³/mol. The molecular formula is C20H32IN5O3. The molecule has 9 heteroatoms. The van der Waals surface area contributed by atoms with Gasteiger partial charge >= 0.3 is 0 Å². The number of nitrogens with one attached hydrogen (secondary N) is 2. The van der Waals surface area contributed by atoms with Crippen LogP contribution < -0.4 is 20.1 Å². The molecule has 1 heterocycles. The molecule has 29 heavy (non-hydrogen) atoms. The average Bonchev–Trinajstić information content (AvgIpc) is 3.19. The predicted octanol–water partition coefficient (Wildman–Crippen LogP) is 3.17. The summed E-state index contributed by atoms with van der Waals surface area (Å²) in [6.45, 7) is 5.63. The van der Waals surface area contributed by atoms with Gasteiger partial charge in [0, 0.05) is 32.5 Å². The molecule has 0 atom stereocenters. The number of ether oxygens (including phenoxy) is 2. The van der Waals surface area contributed by atoms with Gasteiger partial charge in [0.1, 0.15) is 0 Å². The topological polar surface area (TPSA) is 93.8 Å². The lowest BCUT2D eigenvalue weighted by Gasteiger charge is -2.12. The van der Waals surface area contributed by atoms with Crippen molar-refractivity contribution in [1.29, 1.82) is 0 Å². The summed E-state index contributed by atoms with van der Waals surface area (Å²) in [7, 11) is 5.04. The number of nitrogens with zero attached hydrogens (tertiary/aromatic N) is 3. The highest BCUT2D eigenvalue weighted by atomic mass is 127. The number of aromatic nitrogens is 2. The second-order valence-electron chi connectivity index (χ2n) is 6.67. The van der Waals surface area contributed by atoms with Crippen LogP contribution in [0.15, 0.2) is 27.7 Å². The van der Waals surface area contributed by atoms with Gasteiger partial charge in [-0.3, -0.25) is 4.99 Å². The van der Waals surface area contributed by atoms with Crippen LogP contribution >= 0.6 is 24.0 Å². The molecule has 0 saturated heterocycles. The summed E-state index contributed by atoms with van der Waals surface area (Å²) in [5, 5.41) is 10.6. The van der Waals surface area contributed by atoms with Crippen LogP contribution in [0.3, 0.4) is 0 Å². The Hall–Kier alpha value is -2.04. The molecular weight excluding hydrogens is 485 g/mol. The van der Waals surface area contributed by atoms with Gasteiger partial charge in [0.15, 0.2) is 23.3 Å². The highest BCUT2D eigenvalue weighted by Crippen LogP contribution is 2.27. The first-order chi connectivity index (χ1) is 13.6. The fourth-order valence-corrected chi connectivity index (χ4v) is 2.63. The van der Waals surface area contributed by atoms with Gasteiger partial charge in [-0.1, -0.05) is 25.1 Å². The van der Waals surface area contributed by atoms with Crippen LogP contribution in [-0.4, -0.2) is 50.5 Å². The lowest BCUT2D eigenvalue weighted by atomic mass is 10.1. The van der Waals surface area contributed by atoms with Crippen LogP contribution in [0, 0.1) is 0 Å². The minimum atomic E-state index is 0. The number of hydrogen-bond acceptors (Lipinski definition) is 6. The van der Waals surface area contributed by atoms with E-state index in [2.05, 4.69) is 25.8 Å². The number of methoxy groups -OCH3 is 2. The van der Waals surface area contributed by atoms with Crippen LogP contribution in [-0.2, 0) is 12.8 Å². The Balaban J connectivity index is 0.00000420. The highest BCUT2D eigenvalue weighted by Gasteiger charge is 2.09. The van der Waals surface area contributed by atoms with E-state index in [1.54, 1.807) is 21.3 Å². The number of benzene rings is 1. The maximum atomic E-state index is 5.34. The molecule has 0 radical (unpaired) electrons. The van der Waals surface area contributed by atoms with Gasteiger partial charge in [-0.25, -0.2) is 0 Å². The van der Waals surface area contributed by atoms with Gasteiger partial charge in [-0.05, 0) is 30.5 Å². The smallest absolute Gasteiger partial charge is 0.226 e. The Kier molecular flexibility index (Phi) is 11.4. The van der Waals surface area contributed by atoms with Crippen molar-refractivity contribution >= 4 is 29.9 Å². The van der Waals surface area contributed by atoms with Crippen molar-refractivity contribution in [3.05, 3.63) is 35.5 Å². The van der Waals surface area contributed by atoms with Crippen molar-refractivity contribution in [1.82, 2.24) is 20.8 Å². The SMILES string of the molecule is CN=C(NCCCc1nc(C(C)C)no1)NCCc1ccc(OC)c(OC)c1.I. The summed E-state index contributed by atoms with van der Waals surface area (Å²) in [6, 6.07) is 5.95. The molecule has 0 saturated carbocycles. The largest absolute Gasteiger partial charge is 0.493 e. The fourth-order valence-electron chi connectivity index (χ4n) is 2.63. The Bertz CT molecular complexity index is 764. The van der Waals surface area contributed by atoms with E-state index in [1.807, 2.05) is 32.0 Å². The highest BCUT2D eigenvalue weighted by molar-refractivity contribution is 14.0. The minimum Gasteiger partial charge on any atom is -0.493 e. The van der Waals surface area contributed by atoms with Crippen LogP contribution in [0.5, 0.6) is 11.5 Å². The van der Waals surface area contributed by atoms with Gasteiger partial charge in [0.2, 0.25) is 5.89 Å². The summed E-state index contributed by atoms with van der Waals surface area (Å²) in [5.41, 5.74) is 1.16. The van der Waals surface area contributed by atoms with Crippen molar-refractivity contribution in [2.45, 2.75) is 39.0 Å². The molecule has 8 nitrogen and oxygen atoms in total. The first-order valence-electron chi connectivity index (χ1n) is 9.55. The molecule has 0 aliphatic heterocycles. The van der Waals surface area contributed by atoms with Gasteiger partial charge in [0.25, 0.3) is 0 Å². The Labute approximate surface area is 189 Å². The maximum Gasteiger partial charge on any atom is 0.226 e. The summed E-state index contributed by atoms with van der Waals surface area (Å²) in [4.78, 5) is 8.64. The third-order valence-electron chi connectivity index (χ3n) is 4.24. The minimum absolute atomic E-state index is 0. The van der Waals surface area contributed by atoms with E-state index in [9.17, 15) is 0 Å². The number of aliphatic imine (C=N–C) groups is 1. The van der Waals surface area contributed by atoms with Crippen LogP contribution in [0.4, 0.5) is 0 Å². The van der Waals surface area contributed by atoms with Gasteiger partial charge in [-0.2, -0.15) is 4.98 Å². The quantitative estimate of drug-likeness (QED) is 0.217. The zero-order valence-electron chi connectivity index (χ0n) is 17.8. The van der Waals surface area contributed by atoms with E-state index in [0.29, 0.717) is 5.89 Å². The second-order valence-corrected chi connectivity index (χ2v) is 6.67. The van der Waals surface area contributed by atoms with Crippen molar-refractivity contribution in [3.63, 3.8) is 0 Å². The molecule has 0 fully saturated rings. The van der Waals surface area contributed by atoms with Crippen LogP contribution in [0.1, 0.15) is 43.5 Å². The van der Waals surface area contributed by atoms with Crippen molar-refractivity contribution in [3.8, 4) is 11.5 Å². The van der Waals surface area contributed by atoms with Crippen LogP contribution in [0.25, 0.3) is 0 Å². The second kappa shape index (κ2) is 13.2. The first kappa shape index (κ1) is 25.0. The zero-order valence-corrected chi connectivity index (χ0v) is 20.1. The fraction of sp³-hybridized carbons (Fsp3) is 0.550. The molecule has 0 bridgehead atoms. The lowest BCUT2D eigenvalue weighted by Crippen LogP contribution is -2.38. The average molecular weight is 517 g/mol. The summed E-state index contributed by atoms with van der Waals surface area (Å²) in [5.74, 6) is 3.97. The van der Waals surface area contributed by atoms with Gasteiger partial charge in [0.05, 0.1) is 14.2 Å². The van der Waals surface area contributed by atoms with E-state index in [4.69, 9.17) is 14.0 Å². The van der Waals surface area contributed by atoms with Gasteiger partial charge in [-0.15, -0.1) is 24.0 Å². The Morgan fingerprint density at radius 3 is 2.45 bits per heavy atom. The van der Waals surface area contributed by atoms with Crippen molar-refractivity contribution in [2.75, 3.05) is 34.4 Å². The molecule has 0 spiro atoms. The number of hydrogen-bond donors (Lipinski definition) is 2. The Morgan fingerprint density at radius 2 is 1.83 bits per heavy atom. The monoisotopic (exact) mass is 517 g/mol. The van der Waals surface area contributed by atoms with Crippen molar-refractivity contribution < 1.29 is 14.0 Å². The third kappa shape index (κ3) is 8.08.